The molecule has 8 nitrogen and oxygen atoms in total. The van der Waals surface area contributed by atoms with E-state index in [9.17, 15) is 4.79 Å². The lowest BCUT2D eigenvalue weighted by Gasteiger charge is -2.34. The molecule has 4 rings (SSSR count). The smallest absolute Gasteiger partial charge is 0.317 e. The number of carbonyl (C=O) groups excluding carboxylic acids is 1. The SMILES string of the molecule is O=C(NCCN1CCOCC1)N1CCN(Cc2cn3ccccc3n2)CC1. The van der Waals surface area contributed by atoms with Gasteiger partial charge in [0.15, 0.2) is 0 Å². The van der Waals surface area contributed by atoms with Gasteiger partial charge in [-0.05, 0) is 12.1 Å². The summed E-state index contributed by atoms with van der Waals surface area (Å²) in [6.07, 6.45) is 4.10. The average Bonchev–Trinajstić information content (AvgIpc) is 3.11. The van der Waals surface area contributed by atoms with Crippen LogP contribution in [0, 0.1) is 0 Å². The first kappa shape index (κ1) is 18.2. The first-order valence-corrected chi connectivity index (χ1v) is 9.76. The Morgan fingerprint density at radius 3 is 2.67 bits per heavy atom. The minimum absolute atomic E-state index is 0.0515. The number of fused-ring (bicyclic) bond motifs is 1. The maximum atomic E-state index is 12.4. The highest BCUT2D eigenvalue weighted by Crippen LogP contribution is 2.10. The fourth-order valence-electron chi connectivity index (χ4n) is 3.66. The summed E-state index contributed by atoms with van der Waals surface area (Å²) in [5.74, 6) is 0. The zero-order valence-corrected chi connectivity index (χ0v) is 15.7. The highest BCUT2D eigenvalue weighted by Gasteiger charge is 2.21. The van der Waals surface area contributed by atoms with Crippen molar-refractivity contribution in [3.05, 3.63) is 36.3 Å². The van der Waals surface area contributed by atoms with E-state index in [1.54, 1.807) is 0 Å². The highest BCUT2D eigenvalue weighted by molar-refractivity contribution is 5.74. The number of aromatic nitrogens is 2. The van der Waals surface area contributed by atoms with Gasteiger partial charge in [-0.3, -0.25) is 9.80 Å². The van der Waals surface area contributed by atoms with Gasteiger partial charge in [-0.2, -0.15) is 0 Å². The van der Waals surface area contributed by atoms with E-state index >= 15 is 0 Å². The summed E-state index contributed by atoms with van der Waals surface area (Å²) in [5.41, 5.74) is 2.05. The Kier molecular flexibility index (Phi) is 5.86. The van der Waals surface area contributed by atoms with Crippen molar-refractivity contribution in [2.45, 2.75) is 6.54 Å². The zero-order valence-electron chi connectivity index (χ0n) is 15.7. The monoisotopic (exact) mass is 372 g/mol. The van der Waals surface area contributed by atoms with Gasteiger partial charge in [-0.1, -0.05) is 6.07 Å². The normalized spacial score (nSPS) is 19.5. The summed E-state index contributed by atoms with van der Waals surface area (Å²) in [6, 6.07) is 6.08. The molecule has 0 aromatic carbocycles. The molecule has 0 aliphatic carbocycles. The quantitative estimate of drug-likeness (QED) is 0.828. The van der Waals surface area contributed by atoms with Crippen molar-refractivity contribution >= 4 is 11.7 Å². The number of carbonyl (C=O) groups is 1. The molecule has 2 amide bonds. The molecule has 2 aliphatic rings. The number of rotatable bonds is 5. The van der Waals surface area contributed by atoms with E-state index < -0.39 is 0 Å². The maximum absolute atomic E-state index is 12.4. The number of ether oxygens (including phenoxy) is 1. The van der Waals surface area contributed by atoms with Crippen LogP contribution in [-0.4, -0.2) is 95.7 Å². The number of urea groups is 1. The fraction of sp³-hybridized carbons (Fsp3) is 0.579. The van der Waals surface area contributed by atoms with E-state index in [4.69, 9.17) is 4.74 Å². The molecule has 2 aliphatic heterocycles. The van der Waals surface area contributed by atoms with E-state index in [1.165, 1.54) is 0 Å². The Morgan fingerprint density at radius 1 is 1.07 bits per heavy atom. The van der Waals surface area contributed by atoms with E-state index in [0.29, 0.717) is 6.54 Å². The highest BCUT2D eigenvalue weighted by atomic mass is 16.5. The van der Waals surface area contributed by atoms with Crippen molar-refractivity contribution in [1.29, 1.82) is 0 Å². The molecular formula is C19H28N6O2. The van der Waals surface area contributed by atoms with Gasteiger partial charge >= 0.3 is 6.03 Å². The molecule has 2 saturated heterocycles. The summed E-state index contributed by atoms with van der Waals surface area (Å²) in [5, 5.41) is 3.05. The van der Waals surface area contributed by atoms with Crippen LogP contribution in [0.5, 0.6) is 0 Å². The van der Waals surface area contributed by atoms with Crippen LogP contribution in [0.2, 0.25) is 0 Å². The summed E-state index contributed by atoms with van der Waals surface area (Å²) < 4.78 is 7.39. The van der Waals surface area contributed by atoms with Gasteiger partial charge in [0.25, 0.3) is 0 Å². The molecule has 4 heterocycles. The summed E-state index contributed by atoms with van der Waals surface area (Å²) >= 11 is 0. The van der Waals surface area contributed by atoms with Gasteiger partial charge < -0.3 is 19.4 Å². The molecule has 0 saturated carbocycles. The number of nitrogens with one attached hydrogen (secondary N) is 1. The Bertz CT molecular complexity index is 716. The molecule has 0 atom stereocenters. The second-order valence-electron chi connectivity index (χ2n) is 7.15. The van der Waals surface area contributed by atoms with Crippen LogP contribution in [0.25, 0.3) is 5.65 Å². The van der Waals surface area contributed by atoms with E-state index in [-0.39, 0.29) is 6.03 Å². The maximum Gasteiger partial charge on any atom is 0.317 e. The zero-order chi connectivity index (χ0) is 18.5. The third-order valence-corrected chi connectivity index (χ3v) is 5.27. The number of hydrogen-bond acceptors (Lipinski definition) is 5. The van der Waals surface area contributed by atoms with Crippen molar-refractivity contribution < 1.29 is 9.53 Å². The molecule has 2 aromatic heterocycles. The predicted octanol–water partition coefficient (Wildman–Crippen LogP) is 0.494. The molecule has 2 fully saturated rings. The van der Waals surface area contributed by atoms with Crippen LogP contribution in [0.1, 0.15) is 5.69 Å². The largest absolute Gasteiger partial charge is 0.379 e. The minimum Gasteiger partial charge on any atom is -0.379 e. The topological polar surface area (TPSA) is 65.4 Å². The number of hydrogen-bond donors (Lipinski definition) is 1. The fourth-order valence-corrected chi connectivity index (χ4v) is 3.66. The van der Waals surface area contributed by atoms with Crippen LogP contribution in [0.3, 0.4) is 0 Å². The van der Waals surface area contributed by atoms with Crippen molar-refractivity contribution in [1.82, 2.24) is 29.4 Å². The number of imidazole rings is 1. The number of pyridine rings is 1. The van der Waals surface area contributed by atoms with E-state index in [2.05, 4.69) is 26.3 Å². The molecule has 1 N–H and O–H groups in total. The molecule has 0 spiro atoms. The Labute approximate surface area is 159 Å². The van der Waals surface area contributed by atoms with Crippen molar-refractivity contribution in [2.24, 2.45) is 0 Å². The van der Waals surface area contributed by atoms with Gasteiger partial charge in [0.1, 0.15) is 5.65 Å². The molecule has 8 heteroatoms. The van der Waals surface area contributed by atoms with Crippen LogP contribution >= 0.6 is 0 Å². The van der Waals surface area contributed by atoms with Crippen molar-refractivity contribution in [3.63, 3.8) is 0 Å². The number of amides is 2. The Morgan fingerprint density at radius 2 is 1.89 bits per heavy atom. The first-order valence-electron chi connectivity index (χ1n) is 9.76. The van der Waals surface area contributed by atoms with E-state index in [0.717, 1.165) is 76.9 Å². The molecular weight excluding hydrogens is 344 g/mol. The van der Waals surface area contributed by atoms with Gasteiger partial charge in [-0.15, -0.1) is 0 Å². The van der Waals surface area contributed by atoms with Crippen LogP contribution < -0.4 is 5.32 Å². The standard InChI is InChI=1S/C19H28N6O2/c26-19(20-4-6-22-11-13-27-14-12-22)24-9-7-23(8-10-24)15-17-16-25-5-2-1-3-18(25)21-17/h1-3,5,16H,4,6-15H2,(H,20,26). The lowest BCUT2D eigenvalue weighted by molar-refractivity contribution is 0.0385. The molecule has 0 unspecified atom stereocenters. The molecule has 146 valence electrons. The van der Waals surface area contributed by atoms with Crippen LogP contribution in [0.15, 0.2) is 30.6 Å². The van der Waals surface area contributed by atoms with Crippen LogP contribution in [-0.2, 0) is 11.3 Å². The average molecular weight is 372 g/mol. The predicted molar refractivity (Wildman–Crippen MR) is 103 cm³/mol. The lowest BCUT2D eigenvalue weighted by Crippen LogP contribution is -2.52. The third-order valence-electron chi connectivity index (χ3n) is 5.27. The third kappa shape index (κ3) is 4.77. The molecule has 0 bridgehead atoms. The van der Waals surface area contributed by atoms with Gasteiger partial charge in [0, 0.05) is 71.3 Å². The Hall–Kier alpha value is -2.16. The number of morpholine rings is 1. The second kappa shape index (κ2) is 8.69. The van der Waals surface area contributed by atoms with Gasteiger partial charge in [0.2, 0.25) is 0 Å². The summed E-state index contributed by atoms with van der Waals surface area (Å²) in [7, 11) is 0. The summed E-state index contributed by atoms with van der Waals surface area (Å²) in [6.45, 7) is 9.19. The number of nitrogens with zero attached hydrogens (tertiary/aromatic N) is 5. The first-order chi connectivity index (χ1) is 13.3. The Balaban J connectivity index is 1.18. The van der Waals surface area contributed by atoms with Crippen molar-refractivity contribution in [3.8, 4) is 0 Å². The van der Waals surface area contributed by atoms with Gasteiger partial charge in [-0.25, -0.2) is 9.78 Å². The van der Waals surface area contributed by atoms with Crippen molar-refractivity contribution in [2.75, 3.05) is 65.6 Å². The molecule has 2 aromatic rings. The molecule has 27 heavy (non-hydrogen) atoms. The van der Waals surface area contributed by atoms with Crippen LogP contribution in [0.4, 0.5) is 4.79 Å². The molecule has 0 radical (unpaired) electrons. The summed E-state index contributed by atoms with van der Waals surface area (Å²) in [4.78, 5) is 23.6. The van der Waals surface area contributed by atoms with Gasteiger partial charge in [0.05, 0.1) is 18.9 Å². The number of piperazine rings is 1. The lowest BCUT2D eigenvalue weighted by atomic mass is 10.3. The van der Waals surface area contributed by atoms with E-state index in [1.807, 2.05) is 33.7 Å². The minimum atomic E-state index is 0.0515. The second-order valence-corrected chi connectivity index (χ2v) is 7.15.